The Morgan fingerprint density at radius 3 is 2.48 bits per heavy atom. The number of ether oxygens (including phenoxy) is 2. The van der Waals surface area contributed by atoms with E-state index >= 15 is 0 Å². The molecule has 0 bridgehead atoms. The van der Waals surface area contributed by atoms with E-state index in [2.05, 4.69) is 0 Å². The van der Waals surface area contributed by atoms with Crippen LogP contribution >= 0.6 is 0 Å². The van der Waals surface area contributed by atoms with Crippen LogP contribution in [0.5, 0.6) is 11.5 Å². The van der Waals surface area contributed by atoms with Crippen LogP contribution in [0.1, 0.15) is 22.7 Å². The van der Waals surface area contributed by atoms with E-state index in [1.54, 1.807) is 37.4 Å². The van der Waals surface area contributed by atoms with Gasteiger partial charge in [-0.3, -0.25) is 9.59 Å². The van der Waals surface area contributed by atoms with Crippen molar-refractivity contribution in [2.75, 3.05) is 41.4 Å². The van der Waals surface area contributed by atoms with E-state index in [9.17, 15) is 14.7 Å². The summed E-state index contributed by atoms with van der Waals surface area (Å²) in [5, 5.41) is 11.3. The average molecular weight is 424 g/mol. The number of amides is 1. The lowest BCUT2D eigenvalue weighted by atomic mass is 9.94. The number of Topliss-reactive ketones (excluding diaryl/α,β-unsaturated/α-hetero) is 1. The molecule has 0 aliphatic carbocycles. The van der Waals surface area contributed by atoms with Crippen molar-refractivity contribution >= 4 is 17.4 Å². The van der Waals surface area contributed by atoms with Crippen LogP contribution in [0.4, 0.5) is 0 Å². The molecule has 2 aromatic rings. The van der Waals surface area contributed by atoms with E-state index in [-0.39, 0.29) is 11.3 Å². The predicted molar refractivity (Wildman–Crippen MR) is 118 cm³/mol. The first-order valence-electron chi connectivity index (χ1n) is 10.0. The Balaban J connectivity index is 2.22. The highest BCUT2D eigenvalue weighted by atomic mass is 16.5. The molecule has 1 amide bonds. The third-order valence-corrected chi connectivity index (χ3v) is 5.35. The Hall–Kier alpha value is -3.32. The van der Waals surface area contributed by atoms with Crippen molar-refractivity contribution in [3.8, 4) is 11.5 Å². The molecule has 7 heteroatoms. The van der Waals surface area contributed by atoms with E-state index in [1.165, 1.54) is 12.0 Å². The second-order valence-corrected chi connectivity index (χ2v) is 7.78. The molecule has 1 atom stereocenters. The number of rotatable bonds is 7. The first kappa shape index (κ1) is 22.4. The highest BCUT2D eigenvalue weighted by Crippen LogP contribution is 2.41. The zero-order valence-electron chi connectivity index (χ0n) is 18.5. The van der Waals surface area contributed by atoms with E-state index in [1.807, 2.05) is 38.1 Å². The molecular weight excluding hydrogens is 396 g/mol. The number of aliphatic hydroxyl groups excluding tert-OH is 1. The van der Waals surface area contributed by atoms with Gasteiger partial charge in [0.05, 0.1) is 31.4 Å². The number of aliphatic hydroxyl groups is 1. The summed E-state index contributed by atoms with van der Waals surface area (Å²) < 4.78 is 10.7. The van der Waals surface area contributed by atoms with Crippen LogP contribution < -0.4 is 9.47 Å². The molecule has 0 spiro atoms. The molecule has 0 aromatic heterocycles. The van der Waals surface area contributed by atoms with E-state index in [4.69, 9.17) is 9.47 Å². The van der Waals surface area contributed by atoms with Crippen molar-refractivity contribution in [2.45, 2.75) is 13.0 Å². The summed E-state index contributed by atoms with van der Waals surface area (Å²) in [5.41, 5.74) is 1.99. The minimum Gasteiger partial charge on any atom is -0.507 e. The summed E-state index contributed by atoms with van der Waals surface area (Å²) in [6.45, 7) is 2.79. The van der Waals surface area contributed by atoms with Gasteiger partial charge >= 0.3 is 0 Å². The Bertz CT molecular complexity index is 1030. The van der Waals surface area contributed by atoms with Gasteiger partial charge in [-0.05, 0) is 50.8 Å². The Morgan fingerprint density at radius 1 is 1.10 bits per heavy atom. The van der Waals surface area contributed by atoms with Gasteiger partial charge in [0.1, 0.15) is 17.3 Å². The fourth-order valence-electron chi connectivity index (χ4n) is 3.73. The average Bonchev–Trinajstić information content (AvgIpc) is 3.01. The van der Waals surface area contributed by atoms with Crippen molar-refractivity contribution in [2.24, 2.45) is 0 Å². The van der Waals surface area contributed by atoms with Crippen molar-refractivity contribution < 1.29 is 24.2 Å². The number of likely N-dealkylation sites (tertiary alicyclic amines) is 1. The van der Waals surface area contributed by atoms with Gasteiger partial charge in [-0.2, -0.15) is 0 Å². The molecule has 1 aliphatic heterocycles. The smallest absolute Gasteiger partial charge is 0.295 e. The molecule has 3 rings (SSSR count). The molecule has 7 nitrogen and oxygen atoms in total. The van der Waals surface area contributed by atoms with Crippen LogP contribution in [0.3, 0.4) is 0 Å². The number of methoxy groups -OCH3 is 2. The van der Waals surface area contributed by atoms with Crippen LogP contribution in [-0.4, -0.2) is 68.0 Å². The molecule has 1 N–H and O–H groups in total. The van der Waals surface area contributed by atoms with Gasteiger partial charge < -0.3 is 24.4 Å². The SMILES string of the molecule is COc1cccc(C2/C(=C(\O)c3cc(C)ccc3OC)C(=O)C(=O)N2CCN(C)C)c1. The maximum atomic E-state index is 13.1. The zero-order chi connectivity index (χ0) is 22.7. The first-order valence-corrected chi connectivity index (χ1v) is 10.0. The quantitative estimate of drug-likeness (QED) is 0.418. The molecule has 1 heterocycles. The Morgan fingerprint density at radius 2 is 1.84 bits per heavy atom. The van der Waals surface area contributed by atoms with Crippen molar-refractivity contribution in [1.29, 1.82) is 0 Å². The number of carbonyl (C=O) groups excluding carboxylic acids is 2. The topological polar surface area (TPSA) is 79.3 Å². The molecule has 1 fully saturated rings. The highest BCUT2D eigenvalue weighted by molar-refractivity contribution is 6.46. The second kappa shape index (κ2) is 9.22. The van der Waals surface area contributed by atoms with Gasteiger partial charge in [-0.15, -0.1) is 0 Å². The molecule has 1 aliphatic rings. The zero-order valence-corrected chi connectivity index (χ0v) is 18.5. The summed E-state index contributed by atoms with van der Waals surface area (Å²) in [4.78, 5) is 29.5. The molecular formula is C24H28N2O5. The number of ketones is 1. The van der Waals surface area contributed by atoms with Crippen molar-refractivity contribution in [3.63, 3.8) is 0 Å². The van der Waals surface area contributed by atoms with E-state index < -0.39 is 17.7 Å². The number of benzene rings is 2. The third kappa shape index (κ3) is 4.41. The molecule has 1 unspecified atom stereocenters. The van der Waals surface area contributed by atoms with Gasteiger partial charge in [0.25, 0.3) is 11.7 Å². The number of hydrogen-bond acceptors (Lipinski definition) is 6. The minimum atomic E-state index is -0.736. The van der Waals surface area contributed by atoms with Crippen LogP contribution in [0.2, 0.25) is 0 Å². The number of hydrogen-bond donors (Lipinski definition) is 1. The van der Waals surface area contributed by atoms with Gasteiger partial charge in [0, 0.05) is 13.1 Å². The summed E-state index contributed by atoms with van der Waals surface area (Å²) in [5.74, 6) is -0.578. The van der Waals surface area contributed by atoms with Gasteiger partial charge in [-0.25, -0.2) is 0 Å². The fraction of sp³-hybridized carbons (Fsp3) is 0.333. The van der Waals surface area contributed by atoms with Gasteiger partial charge in [0.2, 0.25) is 0 Å². The molecule has 0 saturated carbocycles. The van der Waals surface area contributed by atoms with Crippen LogP contribution in [0, 0.1) is 6.92 Å². The molecule has 2 aromatic carbocycles. The largest absolute Gasteiger partial charge is 0.507 e. The third-order valence-electron chi connectivity index (χ3n) is 5.35. The normalized spacial score (nSPS) is 18.0. The predicted octanol–water partition coefficient (Wildman–Crippen LogP) is 3.00. The summed E-state index contributed by atoms with van der Waals surface area (Å²) in [6, 6.07) is 11.8. The van der Waals surface area contributed by atoms with E-state index in [0.717, 1.165) is 5.56 Å². The second-order valence-electron chi connectivity index (χ2n) is 7.78. The van der Waals surface area contributed by atoms with Crippen molar-refractivity contribution in [3.05, 3.63) is 64.7 Å². The molecule has 31 heavy (non-hydrogen) atoms. The lowest BCUT2D eigenvalue weighted by Crippen LogP contribution is -2.35. The summed E-state index contributed by atoms with van der Waals surface area (Å²) in [6.07, 6.45) is 0. The first-order chi connectivity index (χ1) is 14.8. The lowest BCUT2D eigenvalue weighted by Gasteiger charge is -2.27. The number of nitrogens with zero attached hydrogens (tertiary/aromatic N) is 2. The number of carbonyl (C=O) groups is 2. The standard InChI is InChI=1S/C24H28N2O5/c1-15-9-10-19(31-5)18(13-15)22(27)20-21(16-7-6-8-17(14-16)30-4)26(12-11-25(2)3)24(29)23(20)28/h6-10,13-14,21,27H,11-12H2,1-5H3/b22-20+. The molecule has 1 saturated heterocycles. The van der Waals surface area contributed by atoms with Crippen molar-refractivity contribution in [1.82, 2.24) is 9.80 Å². The Kier molecular flexibility index (Phi) is 6.65. The lowest BCUT2D eigenvalue weighted by molar-refractivity contribution is -0.140. The maximum Gasteiger partial charge on any atom is 0.295 e. The highest BCUT2D eigenvalue weighted by Gasteiger charge is 2.46. The van der Waals surface area contributed by atoms with E-state index in [0.29, 0.717) is 35.7 Å². The maximum absolute atomic E-state index is 13.1. The summed E-state index contributed by atoms with van der Waals surface area (Å²) in [7, 11) is 6.85. The van der Waals surface area contributed by atoms with Gasteiger partial charge in [-0.1, -0.05) is 23.8 Å². The monoisotopic (exact) mass is 424 g/mol. The van der Waals surface area contributed by atoms with Gasteiger partial charge in [0.15, 0.2) is 0 Å². The molecule has 0 radical (unpaired) electrons. The van der Waals surface area contributed by atoms with Crippen LogP contribution in [0.15, 0.2) is 48.0 Å². The number of aryl methyl sites for hydroxylation is 1. The number of likely N-dealkylation sites (N-methyl/N-ethyl adjacent to an activating group) is 1. The minimum absolute atomic E-state index is 0.0425. The summed E-state index contributed by atoms with van der Waals surface area (Å²) >= 11 is 0. The Labute approximate surface area is 182 Å². The fourth-order valence-corrected chi connectivity index (χ4v) is 3.73. The van der Waals surface area contributed by atoms with Crippen LogP contribution in [-0.2, 0) is 9.59 Å². The van der Waals surface area contributed by atoms with Crippen LogP contribution in [0.25, 0.3) is 5.76 Å². The molecule has 164 valence electrons.